The maximum Gasteiger partial charge on any atom is 0.433 e. The van der Waals surface area contributed by atoms with E-state index < -0.39 is 33.5 Å². The van der Waals surface area contributed by atoms with Gasteiger partial charge in [0.15, 0.2) is 5.82 Å². The highest BCUT2D eigenvalue weighted by atomic mass is 32.2. The van der Waals surface area contributed by atoms with Crippen LogP contribution in [0.1, 0.15) is 11.3 Å². The van der Waals surface area contributed by atoms with Crippen molar-refractivity contribution in [2.24, 2.45) is 0 Å². The first kappa shape index (κ1) is 26.8. The second kappa shape index (κ2) is 10.6. The van der Waals surface area contributed by atoms with E-state index in [0.717, 1.165) is 12.3 Å². The van der Waals surface area contributed by atoms with Crippen LogP contribution in [0.4, 0.5) is 43.5 Å². The minimum atomic E-state index is -5.00. The maximum absolute atomic E-state index is 13.2. The number of anilines is 3. The lowest BCUT2D eigenvalue weighted by Gasteiger charge is -2.15. The van der Waals surface area contributed by atoms with E-state index in [1.54, 1.807) is 4.72 Å². The van der Waals surface area contributed by atoms with Crippen LogP contribution in [-0.2, 0) is 22.8 Å². The smallest absolute Gasteiger partial charge is 0.433 e. The molecule has 0 unspecified atom stereocenters. The lowest BCUT2D eigenvalue weighted by molar-refractivity contribution is -0.141. The molecule has 0 radical (unpaired) electrons. The van der Waals surface area contributed by atoms with E-state index >= 15 is 0 Å². The van der Waals surface area contributed by atoms with Crippen molar-refractivity contribution in [1.82, 2.24) is 15.2 Å². The Kier molecular flexibility index (Phi) is 7.48. The number of rotatable bonds is 9. The lowest BCUT2D eigenvalue weighted by atomic mass is 10.1. The molecule has 2 aromatic carbocycles. The fourth-order valence-electron chi connectivity index (χ4n) is 3.15. The third-order valence-corrected chi connectivity index (χ3v) is 5.96. The molecule has 4 aromatic rings. The number of aromatic amines is 1. The molecule has 0 aliphatic heterocycles. The van der Waals surface area contributed by atoms with Gasteiger partial charge in [-0.15, -0.1) is 0 Å². The normalized spacial score (nSPS) is 12.0. The van der Waals surface area contributed by atoms with E-state index in [4.69, 9.17) is 4.74 Å². The van der Waals surface area contributed by atoms with E-state index in [0.29, 0.717) is 16.8 Å². The number of ether oxygens (including phenoxy) is 1. The predicted molar refractivity (Wildman–Crippen MR) is 126 cm³/mol. The number of aromatic nitrogens is 3. The summed E-state index contributed by atoms with van der Waals surface area (Å²) < 4.78 is 108. The molecule has 0 saturated heterocycles. The summed E-state index contributed by atoms with van der Waals surface area (Å²) in [7, 11) is -5.00. The zero-order valence-electron chi connectivity index (χ0n) is 18.9. The molecule has 0 atom stereocenters. The number of nitrogens with one attached hydrogen (secondary N) is 3. The second-order valence-corrected chi connectivity index (χ2v) is 9.41. The fourth-order valence-corrected chi connectivity index (χ4v) is 3.71. The number of halogens is 6. The Labute approximate surface area is 211 Å². The summed E-state index contributed by atoms with van der Waals surface area (Å²) in [5.74, 6) is -4.05. The molecule has 0 aliphatic carbocycles. The Morgan fingerprint density at radius 3 is 2.37 bits per heavy atom. The standard InChI is InChI=1S/C23H17F6N5O3S/c24-15-4-1-13(2-5-15)12-37-19-9-14(3-7-17(19)34-38(35,36)22(25)26)18-10-21(33-32-18)31-16-6-8-20(30-11-16)23(27,28)29/h1-11,22,34H,12H2,(H2,31,32,33). The van der Waals surface area contributed by atoms with Crippen molar-refractivity contribution in [1.29, 1.82) is 0 Å². The predicted octanol–water partition coefficient (Wildman–Crippen LogP) is 5.92. The molecule has 0 aliphatic rings. The van der Waals surface area contributed by atoms with Crippen molar-refractivity contribution in [2.75, 3.05) is 10.0 Å². The van der Waals surface area contributed by atoms with Gasteiger partial charge in [-0.25, -0.2) is 17.8 Å². The van der Waals surface area contributed by atoms with Gasteiger partial charge in [0.05, 0.1) is 23.3 Å². The number of pyridine rings is 1. The van der Waals surface area contributed by atoms with Crippen LogP contribution in [0.25, 0.3) is 11.3 Å². The Bertz CT molecular complexity index is 1510. The molecular formula is C23H17F6N5O3S. The molecule has 0 bridgehead atoms. The molecule has 200 valence electrons. The summed E-state index contributed by atoms with van der Waals surface area (Å²) in [6, 6.07) is 12.7. The van der Waals surface area contributed by atoms with Crippen molar-refractivity contribution in [3.8, 4) is 17.0 Å². The molecule has 38 heavy (non-hydrogen) atoms. The number of hydrogen-bond donors (Lipinski definition) is 3. The van der Waals surface area contributed by atoms with Gasteiger partial charge in [-0.3, -0.25) is 9.82 Å². The number of nitrogens with zero attached hydrogens (tertiary/aromatic N) is 2. The van der Waals surface area contributed by atoms with E-state index in [9.17, 15) is 34.8 Å². The van der Waals surface area contributed by atoms with Crippen LogP contribution in [0.3, 0.4) is 0 Å². The molecule has 3 N–H and O–H groups in total. The van der Waals surface area contributed by atoms with Crippen molar-refractivity contribution < 1.29 is 39.5 Å². The van der Waals surface area contributed by atoms with Crippen LogP contribution >= 0.6 is 0 Å². The van der Waals surface area contributed by atoms with E-state index in [1.165, 1.54) is 54.6 Å². The average molecular weight is 557 g/mol. The van der Waals surface area contributed by atoms with Gasteiger partial charge >= 0.3 is 11.9 Å². The highest BCUT2D eigenvalue weighted by molar-refractivity contribution is 7.93. The number of benzene rings is 2. The number of hydrogen-bond acceptors (Lipinski definition) is 6. The summed E-state index contributed by atoms with van der Waals surface area (Å²) in [6.07, 6.45) is -3.59. The highest BCUT2D eigenvalue weighted by Gasteiger charge is 2.32. The number of alkyl halides is 5. The van der Waals surface area contributed by atoms with Gasteiger partial charge in [0.2, 0.25) is 0 Å². The lowest BCUT2D eigenvalue weighted by Crippen LogP contribution is -2.21. The molecule has 2 aromatic heterocycles. The second-order valence-electron chi connectivity index (χ2n) is 7.76. The minimum absolute atomic E-state index is 0.105. The van der Waals surface area contributed by atoms with Crippen LogP contribution in [0, 0.1) is 5.82 Å². The minimum Gasteiger partial charge on any atom is -0.487 e. The topological polar surface area (TPSA) is 109 Å². The number of sulfonamides is 1. The highest BCUT2D eigenvalue weighted by Crippen LogP contribution is 2.33. The van der Waals surface area contributed by atoms with Gasteiger partial charge in [-0.05, 0) is 42.0 Å². The van der Waals surface area contributed by atoms with Crippen molar-refractivity contribution >= 4 is 27.2 Å². The van der Waals surface area contributed by atoms with Crippen LogP contribution in [-0.4, -0.2) is 29.4 Å². The van der Waals surface area contributed by atoms with Gasteiger partial charge in [-0.1, -0.05) is 18.2 Å². The Balaban J connectivity index is 1.57. The Morgan fingerprint density at radius 2 is 1.74 bits per heavy atom. The number of H-pyrrole nitrogens is 1. The quantitative estimate of drug-likeness (QED) is 0.221. The van der Waals surface area contributed by atoms with Gasteiger partial charge in [0.25, 0.3) is 10.0 Å². The van der Waals surface area contributed by atoms with Gasteiger partial charge < -0.3 is 10.1 Å². The average Bonchev–Trinajstić information content (AvgIpc) is 3.32. The molecular weight excluding hydrogens is 540 g/mol. The summed E-state index contributed by atoms with van der Waals surface area (Å²) in [6.45, 7) is -0.135. The first-order chi connectivity index (χ1) is 17.9. The molecule has 0 amide bonds. The third-order valence-electron chi connectivity index (χ3n) is 4.99. The fraction of sp³-hybridized carbons (Fsp3) is 0.130. The Morgan fingerprint density at radius 1 is 1.00 bits per heavy atom. The summed E-state index contributed by atoms with van der Waals surface area (Å²) in [5.41, 5.74) is 0.229. The molecule has 15 heteroatoms. The molecule has 0 fully saturated rings. The zero-order valence-corrected chi connectivity index (χ0v) is 19.7. The third kappa shape index (κ3) is 6.53. The molecule has 4 rings (SSSR count). The van der Waals surface area contributed by atoms with Crippen LogP contribution < -0.4 is 14.8 Å². The monoisotopic (exact) mass is 557 g/mol. The van der Waals surface area contributed by atoms with Gasteiger partial charge in [0, 0.05) is 11.6 Å². The summed E-state index contributed by atoms with van der Waals surface area (Å²) >= 11 is 0. The first-order valence-electron chi connectivity index (χ1n) is 10.6. The summed E-state index contributed by atoms with van der Waals surface area (Å²) in [4.78, 5) is 3.35. The molecule has 0 spiro atoms. The van der Waals surface area contributed by atoms with E-state index in [1.807, 2.05) is 0 Å². The largest absolute Gasteiger partial charge is 0.487 e. The van der Waals surface area contributed by atoms with Crippen molar-refractivity contribution in [3.63, 3.8) is 0 Å². The van der Waals surface area contributed by atoms with E-state index in [-0.39, 0.29) is 29.5 Å². The van der Waals surface area contributed by atoms with Crippen molar-refractivity contribution in [2.45, 2.75) is 18.5 Å². The van der Waals surface area contributed by atoms with E-state index in [2.05, 4.69) is 20.5 Å². The zero-order chi connectivity index (χ0) is 27.5. The maximum atomic E-state index is 13.2. The van der Waals surface area contributed by atoms with Crippen LogP contribution in [0.5, 0.6) is 5.75 Å². The van der Waals surface area contributed by atoms with Gasteiger partial charge in [0.1, 0.15) is 23.9 Å². The first-order valence-corrected chi connectivity index (χ1v) is 12.1. The summed E-state index contributed by atoms with van der Waals surface area (Å²) in [5, 5.41) is 9.51. The van der Waals surface area contributed by atoms with Crippen LogP contribution in [0.2, 0.25) is 0 Å². The van der Waals surface area contributed by atoms with Gasteiger partial charge in [-0.2, -0.15) is 27.1 Å². The van der Waals surface area contributed by atoms with Crippen LogP contribution in [0.15, 0.2) is 66.9 Å². The Hall–Kier alpha value is -4.27. The SMILES string of the molecule is O=S(=O)(Nc1ccc(-c2cc(Nc3ccc(C(F)(F)F)nc3)n[nH]2)cc1OCc1ccc(F)cc1)C(F)F. The molecule has 2 heterocycles. The van der Waals surface area contributed by atoms with Crippen molar-refractivity contribution in [3.05, 3.63) is 83.9 Å². The molecule has 8 nitrogen and oxygen atoms in total. The molecule has 0 saturated carbocycles.